The zero-order valence-electron chi connectivity index (χ0n) is 16.8. The van der Waals surface area contributed by atoms with Crippen molar-refractivity contribution in [3.8, 4) is 0 Å². The molecule has 2 aromatic heterocycles. The summed E-state index contributed by atoms with van der Waals surface area (Å²) in [6.45, 7) is 1.78. The fourth-order valence-electron chi connectivity index (χ4n) is 3.24. The van der Waals surface area contributed by atoms with Crippen LogP contribution in [0.2, 0.25) is 0 Å². The highest BCUT2D eigenvalue weighted by Crippen LogP contribution is 2.34. The van der Waals surface area contributed by atoms with Crippen molar-refractivity contribution in [1.29, 1.82) is 0 Å². The minimum absolute atomic E-state index is 0.0374. The number of alkyl halides is 3. The Labute approximate surface area is 179 Å². The van der Waals surface area contributed by atoms with Gasteiger partial charge in [-0.1, -0.05) is 41.6 Å². The topological polar surface area (TPSA) is 94.7 Å². The first-order valence-electron chi connectivity index (χ1n) is 9.53. The fraction of sp³-hybridized carbons (Fsp3) is 0.190. The second kappa shape index (κ2) is 8.25. The van der Waals surface area contributed by atoms with Crippen LogP contribution in [0, 0.1) is 6.92 Å². The van der Waals surface area contributed by atoms with Gasteiger partial charge in [0, 0.05) is 0 Å². The van der Waals surface area contributed by atoms with Crippen LogP contribution in [-0.4, -0.2) is 30.5 Å². The van der Waals surface area contributed by atoms with E-state index in [1.165, 1.54) is 16.8 Å². The number of nitrogens with zero attached hydrogens (tertiary/aromatic N) is 5. The molecule has 0 aliphatic rings. The molecule has 4 aromatic rings. The second-order valence-corrected chi connectivity index (χ2v) is 7.11. The number of carbonyl (C=O) groups excluding carboxylic acids is 1. The van der Waals surface area contributed by atoms with Crippen LogP contribution in [0.1, 0.15) is 16.7 Å². The Hall–Kier alpha value is -4.02. The number of anilines is 1. The quantitative estimate of drug-likeness (QED) is 0.513. The molecular weight excluding hydrogens is 425 g/mol. The van der Waals surface area contributed by atoms with Crippen LogP contribution < -0.4 is 10.9 Å². The van der Waals surface area contributed by atoms with Crippen molar-refractivity contribution in [3.63, 3.8) is 0 Å². The molecule has 1 N–H and O–H groups in total. The van der Waals surface area contributed by atoms with Gasteiger partial charge in [0.2, 0.25) is 5.91 Å². The number of benzene rings is 2. The molecule has 0 aliphatic carbocycles. The average Bonchev–Trinajstić information content (AvgIpc) is 3.15. The number of amides is 1. The van der Waals surface area contributed by atoms with Gasteiger partial charge >= 0.3 is 6.18 Å². The van der Waals surface area contributed by atoms with Gasteiger partial charge in [-0.15, -0.1) is 5.10 Å². The van der Waals surface area contributed by atoms with E-state index in [9.17, 15) is 22.8 Å². The highest BCUT2D eigenvalue weighted by Gasteiger charge is 2.33. The molecule has 4 rings (SSSR count). The summed E-state index contributed by atoms with van der Waals surface area (Å²) in [7, 11) is 0. The fourth-order valence-corrected chi connectivity index (χ4v) is 3.24. The van der Waals surface area contributed by atoms with Crippen LogP contribution >= 0.6 is 0 Å². The van der Waals surface area contributed by atoms with Crippen molar-refractivity contribution >= 4 is 22.8 Å². The number of hydrogen-bond acceptors (Lipinski definition) is 5. The molecule has 0 bridgehead atoms. The van der Waals surface area contributed by atoms with E-state index in [0.29, 0.717) is 6.54 Å². The maximum atomic E-state index is 13.1. The lowest BCUT2D eigenvalue weighted by Gasteiger charge is -2.13. The van der Waals surface area contributed by atoms with E-state index in [1.54, 1.807) is 0 Å². The van der Waals surface area contributed by atoms with Crippen LogP contribution in [0.5, 0.6) is 0 Å². The summed E-state index contributed by atoms with van der Waals surface area (Å²) in [4.78, 5) is 29.2. The zero-order chi connectivity index (χ0) is 22.9. The Kier molecular flexibility index (Phi) is 5.47. The molecule has 0 unspecified atom stereocenters. The molecule has 1 amide bonds. The van der Waals surface area contributed by atoms with E-state index in [-0.39, 0.29) is 11.2 Å². The molecule has 2 heterocycles. The first-order valence-corrected chi connectivity index (χ1v) is 9.53. The number of fused-ring (bicyclic) bond motifs is 1. The molecule has 0 saturated heterocycles. The van der Waals surface area contributed by atoms with Crippen molar-refractivity contribution in [2.45, 2.75) is 26.2 Å². The van der Waals surface area contributed by atoms with Crippen molar-refractivity contribution in [3.05, 3.63) is 81.9 Å². The lowest BCUT2D eigenvalue weighted by Crippen LogP contribution is -2.28. The summed E-state index contributed by atoms with van der Waals surface area (Å²) < 4.78 is 41.8. The number of halogens is 3. The number of para-hydroxylation sites is 1. The van der Waals surface area contributed by atoms with Gasteiger partial charge in [0.25, 0.3) is 5.56 Å². The molecule has 11 heteroatoms. The highest BCUT2D eigenvalue weighted by atomic mass is 19.4. The minimum Gasteiger partial charge on any atom is -0.324 e. The molecular formula is C21H17F3N6O2. The Balaban J connectivity index is 1.56. The maximum absolute atomic E-state index is 13.1. The van der Waals surface area contributed by atoms with Crippen LogP contribution in [0.4, 0.5) is 18.9 Å². The number of aromatic nitrogens is 5. The van der Waals surface area contributed by atoms with Crippen molar-refractivity contribution in [2.24, 2.45) is 0 Å². The van der Waals surface area contributed by atoms with Gasteiger partial charge in [-0.3, -0.25) is 14.2 Å². The van der Waals surface area contributed by atoms with Gasteiger partial charge < -0.3 is 5.32 Å². The number of rotatable bonds is 5. The van der Waals surface area contributed by atoms with Gasteiger partial charge in [0.15, 0.2) is 11.2 Å². The minimum atomic E-state index is -4.63. The summed E-state index contributed by atoms with van der Waals surface area (Å²) in [6, 6.07) is 12.3. The van der Waals surface area contributed by atoms with E-state index in [1.807, 2.05) is 31.2 Å². The molecule has 0 aliphatic heterocycles. The Morgan fingerprint density at radius 3 is 2.56 bits per heavy atom. The molecule has 0 spiro atoms. The smallest absolute Gasteiger partial charge is 0.324 e. The predicted molar refractivity (Wildman–Crippen MR) is 110 cm³/mol. The van der Waals surface area contributed by atoms with Crippen molar-refractivity contribution < 1.29 is 18.0 Å². The molecule has 8 nitrogen and oxygen atoms in total. The molecule has 0 radical (unpaired) electrons. The Morgan fingerprint density at radius 2 is 1.81 bits per heavy atom. The summed E-state index contributed by atoms with van der Waals surface area (Å²) in [5.74, 6) is -0.808. The second-order valence-electron chi connectivity index (χ2n) is 7.11. The standard InChI is InChI=1S/C21H17F3N6O2/c1-13-6-2-3-7-14(13)10-30-19-18(27-28-30)20(32)29(12-25-19)11-17(31)26-16-9-5-4-8-15(16)21(22,23)24/h2-9,12H,10-11H2,1H3,(H,26,31). The van der Waals surface area contributed by atoms with Crippen LogP contribution in [0.25, 0.3) is 11.2 Å². The summed E-state index contributed by atoms with van der Waals surface area (Å²) in [5, 5.41) is 10.1. The third-order valence-corrected chi connectivity index (χ3v) is 4.89. The summed E-state index contributed by atoms with van der Waals surface area (Å²) in [6.07, 6.45) is -3.48. The van der Waals surface area contributed by atoms with Gasteiger partial charge in [-0.05, 0) is 30.2 Å². The first-order chi connectivity index (χ1) is 15.2. The summed E-state index contributed by atoms with van der Waals surface area (Å²) in [5.41, 5.74) is 0.241. The molecule has 0 saturated carbocycles. The third-order valence-electron chi connectivity index (χ3n) is 4.89. The average molecular weight is 442 g/mol. The monoisotopic (exact) mass is 442 g/mol. The highest BCUT2D eigenvalue weighted by molar-refractivity contribution is 5.91. The van der Waals surface area contributed by atoms with Crippen LogP contribution in [-0.2, 0) is 24.1 Å². The lowest BCUT2D eigenvalue weighted by atomic mass is 10.1. The zero-order valence-corrected chi connectivity index (χ0v) is 16.8. The SMILES string of the molecule is Cc1ccccc1Cn1nnc2c(=O)n(CC(=O)Nc3ccccc3C(F)(F)F)cnc21. The largest absolute Gasteiger partial charge is 0.418 e. The maximum Gasteiger partial charge on any atom is 0.418 e. The third kappa shape index (κ3) is 4.22. The van der Waals surface area contributed by atoms with Crippen LogP contribution in [0.15, 0.2) is 59.7 Å². The molecule has 2 aromatic carbocycles. The number of nitrogens with one attached hydrogen (secondary N) is 1. The first kappa shape index (κ1) is 21.2. The molecule has 164 valence electrons. The normalized spacial score (nSPS) is 11.6. The summed E-state index contributed by atoms with van der Waals surface area (Å²) >= 11 is 0. The number of aryl methyl sites for hydroxylation is 1. The Bertz CT molecular complexity index is 1360. The van der Waals surface area contributed by atoms with E-state index >= 15 is 0 Å². The van der Waals surface area contributed by atoms with Gasteiger partial charge in [0.05, 0.1) is 17.8 Å². The van der Waals surface area contributed by atoms with E-state index < -0.39 is 35.4 Å². The predicted octanol–water partition coefficient (Wildman–Crippen LogP) is 3.00. The van der Waals surface area contributed by atoms with Gasteiger partial charge in [0.1, 0.15) is 12.9 Å². The lowest BCUT2D eigenvalue weighted by molar-refractivity contribution is -0.137. The van der Waals surface area contributed by atoms with Gasteiger partial charge in [-0.25, -0.2) is 9.67 Å². The van der Waals surface area contributed by atoms with Gasteiger partial charge in [-0.2, -0.15) is 13.2 Å². The van der Waals surface area contributed by atoms with E-state index in [2.05, 4.69) is 20.6 Å². The molecule has 0 fully saturated rings. The molecule has 0 atom stereocenters. The van der Waals surface area contributed by atoms with Crippen molar-refractivity contribution in [1.82, 2.24) is 24.5 Å². The van der Waals surface area contributed by atoms with Crippen LogP contribution in [0.3, 0.4) is 0 Å². The van der Waals surface area contributed by atoms with Crippen molar-refractivity contribution in [2.75, 3.05) is 5.32 Å². The van der Waals surface area contributed by atoms with E-state index in [0.717, 1.165) is 34.2 Å². The number of hydrogen-bond donors (Lipinski definition) is 1. The number of carbonyl (C=O) groups is 1. The Morgan fingerprint density at radius 1 is 1.09 bits per heavy atom. The molecule has 32 heavy (non-hydrogen) atoms. The van der Waals surface area contributed by atoms with E-state index in [4.69, 9.17) is 0 Å².